The molecule has 1 aliphatic rings. The number of ether oxygens (including phenoxy) is 2. The molecule has 1 saturated heterocycles. The molecule has 2 atom stereocenters. The van der Waals surface area contributed by atoms with Gasteiger partial charge in [-0.15, -0.1) is 0 Å². The van der Waals surface area contributed by atoms with Crippen molar-refractivity contribution in [3.05, 3.63) is 26.7 Å². The Morgan fingerprint density at radius 1 is 1.25 bits per heavy atom. The van der Waals surface area contributed by atoms with Crippen LogP contribution in [-0.2, 0) is 30.1 Å². The van der Waals surface area contributed by atoms with E-state index in [0.717, 1.165) is 17.5 Å². The van der Waals surface area contributed by atoms with E-state index < -0.39 is 0 Å². The fraction of sp³-hybridized carbons (Fsp3) is 0.667. The third kappa shape index (κ3) is 2.79. The SMILES string of the molecule is COC[C@@H]1C[C@H](OC)CN1Cc1nc2c([nH]1)c(=O)n(C)c(=O)n2C. The number of aromatic nitrogens is 4. The standard InChI is InChI=1S/C15H23N5O4/c1-18-13-12(14(21)19(2)15(18)22)16-11(17-13)7-20-6-10(24-4)5-9(20)8-23-3/h9-10H,5-8H2,1-4H3,(H,16,17)/t9-,10-/m0/s1. The van der Waals surface area contributed by atoms with E-state index in [2.05, 4.69) is 14.9 Å². The highest BCUT2D eigenvalue weighted by Crippen LogP contribution is 2.22. The molecule has 3 heterocycles. The quantitative estimate of drug-likeness (QED) is 0.767. The van der Waals surface area contributed by atoms with Crippen molar-refractivity contribution in [2.45, 2.75) is 25.1 Å². The fourth-order valence-electron chi connectivity index (χ4n) is 3.31. The van der Waals surface area contributed by atoms with Crippen LogP contribution in [0, 0.1) is 0 Å². The first-order valence-electron chi connectivity index (χ1n) is 7.86. The van der Waals surface area contributed by atoms with Gasteiger partial charge in [-0.3, -0.25) is 18.8 Å². The summed E-state index contributed by atoms with van der Waals surface area (Å²) in [5.41, 5.74) is -0.0239. The van der Waals surface area contributed by atoms with Crippen LogP contribution in [-0.4, -0.2) is 63.5 Å². The molecule has 0 aliphatic carbocycles. The van der Waals surface area contributed by atoms with Gasteiger partial charge in [-0.2, -0.15) is 0 Å². The van der Waals surface area contributed by atoms with Crippen molar-refractivity contribution in [1.82, 2.24) is 24.0 Å². The largest absolute Gasteiger partial charge is 0.383 e. The molecular weight excluding hydrogens is 314 g/mol. The Morgan fingerprint density at radius 3 is 2.67 bits per heavy atom. The van der Waals surface area contributed by atoms with Crippen LogP contribution in [0.2, 0.25) is 0 Å². The van der Waals surface area contributed by atoms with Crippen molar-refractivity contribution in [2.24, 2.45) is 14.1 Å². The van der Waals surface area contributed by atoms with Crippen LogP contribution in [0.5, 0.6) is 0 Å². The molecule has 3 rings (SSSR count). The van der Waals surface area contributed by atoms with Crippen molar-refractivity contribution in [3.63, 3.8) is 0 Å². The monoisotopic (exact) mass is 337 g/mol. The Bertz CT molecular complexity index is 852. The van der Waals surface area contributed by atoms with E-state index in [1.165, 1.54) is 11.6 Å². The molecule has 9 heteroatoms. The van der Waals surface area contributed by atoms with E-state index in [0.29, 0.717) is 30.1 Å². The first kappa shape index (κ1) is 16.9. The predicted molar refractivity (Wildman–Crippen MR) is 88.1 cm³/mol. The lowest BCUT2D eigenvalue weighted by Crippen LogP contribution is -2.36. The zero-order valence-corrected chi connectivity index (χ0v) is 14.4. The summed E-state index contributed by atoms with van der Waals surface area (Å²) in [7, 11) is 6.46. The number of likely N-dealkylation sites (tertiary alicyclic amines) is 1. The minimum absolute atomic E-state index is 0.159. The summed E-state index contributed by atoms with van der Waals surface area (Å²) in [4.78, 5) is 34.0. The Morgan fingerprint density at radius 2 is 2.00 bits per heavy atom. The molecule has 1 aliphatic heterocycles. The molecule has 0 aromatic carbocycles. The van der Waals surface area contributed by atoms with Gasteiger partial charge in [0.2, 0.25) is 0 Å². The second-order valence-electron chi connectivity index (χ2n) is 6.22. The van der Waals surface area contributed by atoms with Crippen LogP contribution in [0.25, 0.3) is 11.2 Å². The summed E-state index contributed by atoms with van der Waals surface area (Å²) in [6.45, 7) is 1.93. The molecule has 0 spiro atoms. The van der Waals surface area contributed by atoms with E-state index in [-0.39, 0.29) is 23.4 Å². The van der Waals surface area contributed by atoms with E-state index in [9.17, 15) is 9.59 Å². The summed E-state index contributed by atoms with van der Waals surface area (Å²) < 4.78 is 13.2. The fourth-order valence-corrected chi connectivity index (χ4v) is 3.31. The van der Waals surface area contributed by atoms with Gasteiger partial charge in [0, 0.05) is 40.9 Å². The van der Waals surface area contributed by atoms with Gasteiger partial charge < -0.3 is 14.5 Å². The normalized spacial score (nSPS) is 21.8. The Kier molecular flexibility index (Phi) is 4.57. The maximum atomic E-state index is 12.2. The van der Waals surface area contributed by atoms with Crippen molar-refractivity contribution in [1.29, 1.82) is 0 Å². The van der Waals surface area contributed by atoms with Crippen LogP contribution in [0.15, 0.2) is 9.59 Å². The van der Waals surface area contributed by atoms with Gasteiger partial charge in [0.1, 0.15) is 11.3 Å². The number of aryl methyl sites for hydroxylation is 1. The molecule has 0 radical (unpaired) electrons. The van der Waals surface area contributed by atoms with Crippen molar-refractivity contribution in [3.8, 4) is 0 Å². The van der Waals surface area contributed by atoms with Gasteiger partial charge >= 0.3 is 5.69 Å². The maximum Gasteiger partial charge on any atom is 0.332 e. The number of methoxy groups -OCH3 is 2. The van der Waals surface area contributed by atoms with Crippen LogP contribution < -0.4 is 11.2 Å². The maximum absolute atomic E-state index is 12.2. The lowest BCUT2D eigenvalue weighted by atomic mass is 10.2. The van der Waals surface area contributed by atoms with E-state index in [1.807, 2.05) is 0 Å². The lowest BCUT2D eigenvalue weighted by molar-refractivity contribution is 0.105. The number of hydrogen-bond donors (Lipinski definition) is 1. The second-order valence-corrected chi connectivity index (χ2v) is 6.22. The first-order valence-corrected chi connectivity index (χ1v) is 7.86. The van der Waals surface area contributed by atoms with Gasteiger partial charge in [-0.1, -0.05) is 0 Å². The summed E-state index contributed by atoms with van der Waals surface area (Å²) in [5, 5.41) is 0. The third-order valence-corrected chi connectivity index (χ3v) is 4.68. The molecule has 24 heavy (non-hydrogen) atoms. The third-order valence-electron chi connectivity index (χ3n) is 4.68. The molecule has 0 amide bonds. The van der Waals surface area contributed by atoms with Gasteiger partial charge in [-0.25, -0.2) is 9.78 Å². The number of H-pyrrole nitrogens is 1. The number of nitrogens with one attached hydrogen (secondary N) is 1. The van der Waals surface area contributed by atoms with Gasteiger partial charge in [0.15, 0.2) is 5.65 Å². The van der Waals surface area contributed by atoms with E-state index in [4.69, 9.17) is 9.47 Å². The molecular formula is C15H23N5O4. The lowest BCUT2D eigenvalue weighted by Gasteiger charge is -2.22. The number of imidazole rings is 1. The molecule has 0 saturated carbocycles. The smallest absolute Gasteiger partial charge is 0.332 e. The van der Waals surface area contributed by atoms with Crippen LogP contribution in [0.1, 0.15) is 12.2 Å². The second kappa shape index (κ2) is 6.50. The summed E-state index contributed by atoms with van der Waals surface area (Å²) in [6.07, 6.45) is 1.05. The first-order chi connectivity index (χ1) is 11.5. The molecule has 2 aromatic heterocycles. The van der Waals surface area contributed by atoms with Gasteiger partial charge in [-0.05, 0) is 6.42 Å². The number of aromatic amines is 1. The molecule has 1 fully saturated rings. The highest BCUT2D eigenvalue weighted by molar-refractivity contribution is 5.69. The highest BCUT2D eigenvalue weighted by Gasteiger charge is 2.32. The summed E-state index contributed by atoms with van der Waals surface area (Å²) in [5.74, 6) is 0.654. The summed E-state index contributed by atoms with van der Waals surface area (Å²) in [6, 6.07) is 0.236. The average Bonchev–Trinajstić information content (AvgIpc) is 3.16. The molecule has 0 bridgehead atoms. The molecule has 0 unspecified atom stereocenters. The number of fused-ring (bicyclic) bond motifs is 1. The summed E-state index contributed by atoms with van der Waals surface area (Å²) >= 11 is 0. The minimum Gasteiger partial charge on any atom is -0.383 e. The zero-order chi connectivity index (χ0) is 17.4. The van der Waals surface area contributed by atoms with Crippen LogP contribution in [0.4, 0.5) is 0 Å². The van der Waals surface area contributed by atoms with Crippen LogP contribution in [0.3, 0.4) is 0 Å². The predicted octanol–water partition coefficient (Wildman–Crippen LogP) is -0.804. The topological polar surface area (TPSA) is 94.4 Å². The van der Waals surface area contributed by atoms with Gasteiger partial charge in [0.05, 0.1) is 19.3 Å². The average molecular weight is 337 g/mol. The van der Waals surface area contributed by atoms with Gasteiger partial charge in [0.25, 0.3) is 5.56 Å². The Balaban J connectivity index is 1.93. The van der Waals surface area contributed by atoms with Crippen molar-refractivity contribution >= 4 is 11.2 Å². The van der Waals surface area contributed by atoms with Crippen molar-refractivity contribution < 1.29 is 9.47 Å². The van der Waals surface area contributed by atoms with Crippen LogP contribution >= 0.6 is 0 Å². The Hall–Kier alpha value is -1.97. The molecule has 132 valence electrons. The van der Waals surface area contributed by atoms with E-state index >= 15 is 0 Å². The molecule has 9 nitrogen and oxygen atoms in total. The van der Waals surface area contributed by atoms with Crippen molar-refractivity contribution in [2.75, 3.05) is 27.4 Å². The Labute approximate surface area is 138 Å². The number of rotatable bonds is 5. The zero-order valence-electron chi connectivity index (χ0n) is 14.4. The molecule has 2 aromatic rings. The number of nitrogens with zero attached hydrogens (tertiary/aromatic N) is 4. The minimum atomic E-state index is -0.386. The molecule has 1 N–H and O–H groups in total. The number of hydrogen-bond acceptors (Lipinski definition) is 6. The van der Waals surface area contributed by atoms with E-state index in [1.54, 1.807) is 21.3 Å². The highest BCUT2D eigenvalue weighted by atomic mass is 16.5.